The van der Waals surface area contributed by atoms with Crippen LogP contribution in [0.5, 0.6) is 0 Å². The van der Waals surface area contributed by atoms with Gasteiger partial charge in [-0.25, -0.2) is 0 Å². The molecule has 1 atom stereocenters. The first kappa shape index (κ1) is 9.59. The van der Waals surface area contributed by atoms with Crippen LogP contribution in [0.4, 0.5) is 0 Å². The summed E-state index contributed by atoms with van der Waals surface area (Å²) in [7, 11) is 0. The molecule has 0 aromatic heterocycles. The molecule has 1 unspecified atom stereocenters. The van der Waals surface area contributed by atoms with E-state index in [2.05, 4.69) is 25.7 Å². The lowest BCUT2D eigenvalue weighted by Crippen LogP contribution is -2.40. The van der Waals surface area contributed by atoms with Crippen LogP contribution in [0.1, 0.15) is 27.2 Å². The van der Waals surface area contributed by atoms with Crippen molar-refractivity contribution >= 4 is 0 Å². The number of piperidine rings is 1. The summed E-state index contributed by atoms with van der Waals surface area (Å²) >= 11 is 0. The van der Waals surface area contributed by atoms with Crippen LogP contribution in [0.25, 0.3) is 0 Å². The van der Waals surface area contributed by atoms with Gasteiger partial charge in [-0.1, -0.05) is 6.92 Å². The molecule has 1 heterocycles. The van der Waals surface area contributed by atoms with Crippen molar-refractivity contribution in [2.45, 2.75) is 33.2 Å². The summed E-state index contributed by atoms with van der Waals surface area (Å²) in [5.74, 6) is 0.645. The highest BCUT2D eigenvalue weighted by Crippen LogP contribution is 2.22. The average molecular weight is 168 g/mol. The van der Waals surface area contributed by atoms with Gasteiger partial charge in [0.25, 0.3) is 0 Å². The standard InChI is InChI=1S/C10H20N2/c1-8(2)12-5-4-10(6-11)9(3)7-12/h6,8-9H,4-5,7,11H2,1-3H3/b10-6-. The van der Waals surface area contributed by atoms with Crippen molar-refractivity contribution in [3.05, 3.63) is 11.8 Å². The predicted octanol–water partition coefficient (Wildman–Crippen LogP) is 1.58. The second-order valence-corrected chi connectivity index (χ2v) is 3.98. The van der Waals surface area contributed by atoms with Crippen LogP contribution in [-0.2, 0) is 0 Å². The van der Waals surface area contributed by atoms with Gasteiger partial charge in [0.15, 0.2) is 0 Å². The highest BCUT2D eigenvalue weighted by molar-refractivity contribution is 5.08. The van der Waals surface area contributed by atoms with Gasteiger partial charge in [0, 0.05) is 19.1 Å². The highest BCUT2D eigenvalue weighted by Gasteiger charge is 2.21. The van der Waals surface area contributed by atoms with Gasteiger partial charge in [-0.2, -0.15) is 0 Å². The molecule has 0 radical (unpaired) electrons. The fraction of sp³-hybridized carbons (Fsp3) is 0.800. The van der Waals surface area contributed by atoms with Gasteiger partial charge in [-0.3, -0.25) is 0 Å². The molecule has 2 heteroatoms. The Morgan fingerprint density at radius 3 is 2.67 bits per heavy atom. The Kier molecular flexibility index (Phi) is 3.15. The molecule has 0 amide bonds. The number of rotatable bonds is 1. The second-order valence-electron chi connectivity index (χ2n) is 3.98. The van der Waals surface area contributed by atoms with Gasteiger partial charge >= 0.3 is 0 Å². The van der Waals surface area contributed by atoms with Gasteiger partial charge in [-0.05, 0) is 38.0 Å². The van der Waals surface area contributed by atoms with E-state index in [4.69, 9.17) is 5.73 Å². The lowest BCUT2D eigenvalue weighted by Gasteiger charge is -2.35. The minimum Gasteiger partial charge on any atom is -0.405 e. The van der Waals surface area contributed by atoms with Gasteiger partial charge in [0.1, 0.15) is 0 Å². The first-order valence-electron chi connectivity index (χ1n) is 4.80. The van der Waals surface area contributed by atoms with E-state index in [1.165, 1.54) is 18.7 Å². The molecule has 0 saturated carbocycles. The third-order valence-electron chi connectivity index (χ3n) is 2.77. The molecule has 12 heavy (non-hydrogen) atoms. The van der Waals surface area contributed by atoms with Crippen LogP contribution in [-0.4, -0.2) is 24.0 Å². The smallest absolute Gasteiger partial charge is 0.00478 e. The summed E-state index contributed by atoms with van der Waals surface area (Å²) in [6, 6.07) is 0.673. The zero-order chi connectivity index (χ0) is 9.14. The molecule has 0 spiro atoms. The van der Waals surface area contributed by atoms with E-state index in [0.717, 1.165) is 6.42 Å². The number of nitrogens with zero attached hydrogens (tertiary/aromatic N) is 1. The zero-order valence-corrected chi connectivity index (χ0v) is 8.38. The van der Waals surface area contributed by atoms with Crippen molar-refractivity contribution < 1.29 is 0 Å². The van der Waals surface area contributed by atoms with Gasteiger partial charge in [0.2, 0.25) is 0 Å². The van der Waals surface area contributed by atoms with Crippen LogP contribution in [0.3, 0.4) is 0 Å². The monoisotopic (exact) mass is 168 g/mol. The van der Waals surface area contributed by atoms with E-state index in [1.54, 1.807) is 6.20 Å². The molecule has 1 fully saturated rings. The lowest BCUT2D eigenvalue weighted by molar-refractivity contribution is 0.178. The Hall–Kier alpha value is -0.500. The Morgan fingerprint density at radius 1 is 1.58 bits per heavy atom. The molecule has 1 saturated heterocycles. The Bertz CT molecular complexity index is 173. The van der Waals surface area contributed by atoms with E-state index in [1.807, 2.05) is 0 Å². The first-order chi connectivity index (χ1) is 5.65. The quantitative estimate of drug-likeness (QED) is 0.644. The van der Waals surface area contributed by atoms with Crippen LogP contribution in [0, 0.1) is 5.92 Å². The maximum atomic E-state index is 5.53. The molecule has 70 valence electrons. The third-order valence-corrected chi connectivity index (χ3v) is 2.77. The van der Waals surface area contributed by atoms with Crippen molar-refractivity contribution in [3.8, 4) is 0 Å². The number of hydrogen-bond donors (Lipinski definition) is 1. The SMILES string of the molecule is CC1CN(C(C)C)CC/C1=C/N. The largest absolute Gasteiger partial charge is 0.405 e. The second kappa shape index (κ2) is 3.94. The van der Waals surface area contributed by atoms with E-state index >= 15 is 0 Å². The van der Waals surface area contributed by atoms with Crippen molar-refractivity contribution in [2.75, 3.05) is 13.1 Å². The van der Waals surface area contributed by atoms with Crippen LogP contribution >= 0.6 is 0 Å². The predicted molar refractivity (Wildman–Crippen MR) is 52.8 cm³/mol. The van der Waals surface area contributed by atoms with E-state index in [9.17, 15) is 0 Å². The minimum atomic E-state index is 0.645. The average Bonchev–Trinajstić information content (AvgIpc) is 2.04. The highest BCUT2D eigenvalue weighted by atomic mass is 15.2. The molecule has 2 N–H and O–H groups in total. The lowest BCUT2D eigenvalue weighted by atomic mass is 9.93. The topological polar surface area (TPSA) is 29.3 Å². The normalized spacial score (nSPS) is 30.0. The summed E-state index contributed by atoms with van der Waals surface area (Å²) < 4.78 is 0. The molecule has 1 aliphatic heterocycles. The molecule has 0 aromatic rings. The molecular weight excluding hydrogens is 148 g/mol. The maximum Gasteiger partial charge on any atom is 0.00478 e. The van der Waals surface area contributed by atoms with E-state index in [0.29, 0.717) is 12.0 Å². The van der Waals surface area contributed by atoms with E-state index < -0.39 is 0 Å². The third kappa shape index (κ3) is 2.01. The summed E-state index contributed by atoms with van der Waals surface area (Å²) in [6.45, 7) is 9.10. The number of hydrogen-bond acceptors (Lipinski definition) is 2. The van der Waals surface area contributed by atoms with Crippen LogP contribution in [0.2, 0.25) is 0 Å². The summed E-state index contributed by atoms with van der Waals surface area (Å²) in [5.41, 5.74) is 6.96. The molecule has 1 rings (SSSR count). The number of nitrogens with two attached hydrogens (primary N) is 1. The Morgan fingerprint density at radius 2 is 2.25 bits per heavy atom. The molecule has 1 aliphatic rings. The van der Waals surface area contributed by atoms with Gasteiger partial charge in [0.05, 0.1) is 0 Å². The molecule has 2 nitrogen and oxygen atoms in total. The van der Waals surface area contributed by atoms with Crippen LogP contribution < -0.4 is 5.73 Å². The number of likely N-dealkylation sites (tertiary alicyclic amines) is 1. The first-order valence-corrected chi connectivity index (χ1v) is 4.80. The minimum absolute atomic E-state index is 0.645. The summed E-state index contributed by atoms with van der Waals surface area (Å²) in [6.07, 6.45) is 2.94. The molecule has 0 bridgehead atoms. The zero-order valence-electron chi connectivity index (χ0n) is 8.38. The molecule has 0 aliphatic carbocycles. The summed E-state index contributed by atoms with van der Waals surface area (Å²) in [4.78, 5) is 2.51. The summed E-state index contributed by atoms with van der Waals surface area (Å²) in [5, 5.41) is 0. The maximum absolute atomic E-state index is 5.53. The van der Waals surface area contributed by atoms with Gasteiger partial charge < -0.3 is 10.6 Å². The Balaban J connectivity index is 2.52. The van der Waals surface area contributed by atoms with Crippen molar-refractivity contribution in [3.63, 3.8) is 0 Å². The van der Waals surface area contributed by atoms with Crippen molar-refractivity contribution in [2.24, 2.45) is 11.7 Å². The molecule has 0 aromatic carbocycles. The van der Waals surface area contributed by atoms with Crippen LogP contribution in [0.15, 0.2) is 11.8 Å². The van der Waals surface area contributed by atoms with E-state index in [-0.39, 0.29) is 0 Å². The Labute approximate surface area is 75.4 Å². The molecular formula is C10H20N2. The van der Waals surface area contributed by atoms with Crippen molar-refractivity contribution in [1.82, 2.24) is 4.90 Å². The van der Waals surface area contributed by atoms with Crippen molar-refractivity contribution in [1.29, 1.82) is 0 Å². The fourth-order valence-corrected chi connectivity index (χ4v) is 1.80. The fourth-order valence-electron chi connectivity index (χ4n) is 1.80. The van der Waals surface area contributed by atoms with Gasteiger partial charge in [-0.15, -0.1) is 0 Å².